The molecule has 1 amide bonds. The molecule has 1 saturated carbocycles. The molecule has 0 aromatic carbocycles. The van der Waals surface area contributed by atoms with E-state index in [0.29, 0.717) is 5.75 Å². The van der Waals surface area contributed by atoms with Gasteiger partial charge in [-0.1, -0.05) is 6.92 Å². The lowest BCUT2D eigenvalue weighted by Crippen LogP contribution is -2.46. The SMILES string of the molecule is CCC1SCC(C(=O)O)N1C(=O)C1CC1. The first-order valence-corrected chi connectivity index (χ1v) is 6.36. The molecule has 1 saturated heterocycles. The van der Waals surface area contributed by atoms with E-state index in [-0.39, 0.29) is 17.2 Å². The second kappa shape index (κ2) is 4.04. The van der Waals surface area contributed by atoms with E-state index >= 15 is 0 Å². The quantitative estimate of drug-likeness (QED) is 0.789. The van der Waals surface area contributed by atoms with Crippen LogP contribution in [0.2, 0.25) is 0 Å². The summed E-state index contributed by atoms with van der Waals surface area (Å²) in [6, 6.07) is -0.604. The normalized spacial score (nSPS) is 30.6. The summed E-state index contributed by atoms with van der Waals surface area (Å²) in [7, 11) is 0. The topological polar surface area (TPSA) is 57.6 Å². The zero-order chi connectivity index (χ0) is 11.0. The molecular weight excluding hydrogens is 214 g/mol. The van der Waals surface area contributed by atoms with Crippen LogP contribution in [0.5, 0.6) is 0 Å². The highest BCUT2D eigenvalue weighted by atomic mass is 32.2. The lowest BCUT2D eigenvalue weighted by molar-refractivity contribution is -0.149. The van der Waals surface area contributed by atoms with Crippen molar-refractivity contribution in [2.24, 2.45) is 5.92 Å². The Morgan fingerprint density at radius 1 is 1.47 bits per heavy atom. The number of amides is 1. The van der Waals surface area contributed by atoms with E-state index < -0.39 is 12.0 Å². The number of thioether (sulfide) groups is 1. The third kappa shape index (κ3) is 1.97. The standard InChI is InChI=1S/C10H15NO3S/c1-2-8-11(9(12)6-3-4-6)7(5-15-8)10(13)14/h6-8H,2-5H2,1H3,(H,13,14). The van der Waals surface area contributed by atoms with Gasteiger partial charge in [-0.15, -0.1) is 11.8 Å². The molecule has 15 heavy (non-hydrogen) atoms. The maximum atomic E-state index is 11.9. The summed E-state index contributed by atoms with van der Waals surface area (Å²) in [5.74, 6) is -0.168. The summed E-state index contributed by atoms with van der Waals surface area (Å²) in [4.78, 5) is 24.6. The summed E-state index contributed by atoms with van der Waals surface area (Å²) in [6.07, 6.45) is 2.69. The molecule has 4 nitrogen and oxygen atoms in total. The number of nitrogens with zero attached hydrogens (tertiary/aromatic N) is 1. The molecule has 0 bridgehead atoms. The summed E-state index contributed by atoms with van der Waals surface area (Å²) in [5, 5.41) is 9.11. The molecule has 0 aromatic rings. The first-order chi connectivity index (χ1) is 7.15. The van der Waals surface area contributed by atoms with Crippen molar-refractivity contribution < 1.29 is 14.7 Å². The third-order valence-corrected chi connectivity index (χ3v) is 4.36. The molecule has 5 heteroatoms. The maximum absolute atomic E-state index is 11.9. The first-order valence-electron chi connectivity index (χ1n) is 5.31. The van der Waals surface area contributed by atoms with Crippen molar-refractivity contribution in [3.8, 4) is 0 Å². The highest BCUT2D eigenvalue weighted by molar-refractivity contribution is 8.00. The van der Waals surface area contributed by atoms with E-state index in [9.17, 15) is 9.59 Å². The molecule has 1 N–H and O–H groups in total. The molecule has 2 atom stereocenters. The number of carboxylic acids is 1. The Kier molecular flexibility index (Phi) is 2.91. The second-order valence-electron chi connectivity index (χ2n) is 4.07. The fraction of sp³-hybridized carbons (Fsp3) is 0.800. The number of carbonyl (C=O) groups excluding carboxylic acids is 1. The van der Waals surface area contributed by atoms with Gasteiger partial charge in [-0.3, -0.25) is 4.79 Å². The average Bonchev–Trinajstić information content (AvgIpc) is 2.95. The van der Waals surface area contributed by atoms with Gasteiger partial charge >= 0.3 is 5.97 Å². The minimum Gasteiger partial charge on any atom is -0.480 e. The molecule has 1 aliphatic carbocycles. The molecule has 0 spiro atoms. The van der Waals surface area contributed by atoms with Crippen LogP contribution >= 0.6 is 11.8 Å². The van der Waals surface area contributed by atoms with Gasteiger partial charge in [-0.2, -0.15) is 0 Å². The Bertz CT molecular complexity index is 290. The number of hydrogen-bond acceptors (Lipinski definition) is 3. The zero-order valence-electron chi connectivity index (χ0n) is 8.68. The largest absolute Gasteiger partial charge is 0.480 e. The van der Waals surface area contributed by atoms with Crippen molar-refractivity contribution in [3.05, 3.63) is 0 Å². The lowest BCUT2D eigenvalue weighted by atomic mass is 10.2. The van der Waals surface area contributed by atoms with Crippen molar-refractivity contribution in [1.29, 1.82) is 0 Å². The first kappa shape index (κ1) is 10.8. The molecule has 1 heterocycles. The third-order valence-electron chi connectivity index (χ3n) is 2.91. The van der Waals surface area contributed by atoms with Crippen molar-refractivity contribution in [2.75, 3.05) is 5.75 Å². The van der Waals surface area contributed by atoms with Gasteiger partial charge in [0.15, 0.2) is 0 Å². The monoisotopic (exact) mass is 229 g/mol. The number of carboxylic acid groups (broad SMARTS) is 1. The Balaban J connectivity index is 2.13. The van der Waals surface area contributed by atoms with Crippen LogP contribution in [0.1, 0.15) is 26.2 Å². The van der Waals surface area contributed by atoms with Crippen molar-refractivity contribution in [1.82, 2.24) is 4.90 Å². The minimum absolute atomic E-state index is 0.0549. The van der Waals surface area contributed by atoms with Crippen LogP contribution in [-0.2, 0) is 9.59 Å². The number of rotatable bonds is 3. The Hall–Kier alpha value is -0.710. The Labute approximate surface area is 93.0 Å². The summed E-state index contributed by atoms with van der Waals surface area (Å²) in [5.41, 5.74) is 0. The number of aliphatic carboxylic acids is 1. The van der Waals surface area contributed by atoms with E-state index in [1.807, 2.05) is 6.92 Å². The van der Waals surface area contributed by atoms with Crippen LogP contribution in [-0.4, -0.2) is 39.1 Å². The minimum atomic E-state index is -0.868. The lowest BCUT2D eigenvalue weighted by Gasteiger charge is -2.26. The fourth-order valence-electron chi connectivity index (χ4n) is 1.90. The predicted octanol–water partition coefficient (Wildman–Crippen LogP) is 1.16. The number of hydrogen-bond donors (Lipinski definition) is 1. The maximum Gasteiger partial charge on any atom is 0.327 e. The van der Waals surface area contributed by atoms with Crippen LogP contribution < -0.4 is 0 Å². The molecule has 84 valence electrons. The molecule has 0 radical (unpaired) electrons. The van der Waals surface area contributed by atoms with Crippen molar-refractivity contribution >= 4 is 23.6 Å². The Morgan fingerprint density at radius 3 is 2.60 bits per heavy atom. The fourth-order valence-corrected chi connectivity index (χ4v) is 3.26. The highest BCUT2D eigenvalue weighted by Crippen LogP contribution is 2.38. The Morgan fingerprint density at radius 2 is 2.13 bits per heavy atom. The van der Waals surface area contributed by atoms with Gasteiger partial charge in [-0.25, -0.2) is 4.79 Å². The van der Waals surface area contributed by atoms with Gasteiger partial charge in [0.1, 0.15) is 6.04 Å². The van der Waals surface area contributed by atoms with Crippen LogP contribution in [0.4, 0.5) is 0 Å². The van der Waals surface area contributed by atoms with Gasteiger partial charge in [-0.05, 0) is 19.3 Å². The molecular formula is C10H15NO3S. The van der Waals surface area contributed by atoms with Gasteiger partial charge in [0.2, 0.25) is 5.91 Å². The average molecular weight is 229 g/mol. The van der Waals surface area contributed by atoms with E-state index in [4.69, 9.17) is 5.11 Å². The second-order valence-corrected chi connectivity index (χ2v) is 5.28. The predicted molar refractivity (Wildman–Crippen MR) is 57.5 cm³/mol. The molecule has 1 aliphatic heterocycles. The smallest absolute Gasteiger partial charge is 0.327 e. The van der Waals surface area contributed by atoms with Crippen LogP contribution in [0, 0.1) is 5.92 Å². The van der Waals surface area contributed by atoms with Crippen molar-refractivity contribution in [2.45, 2.75) is 37.6 Å². The van der Waals surface area contributed by atoms with E-state index in [1.54, 1.807) is 16.7 Å². The molecule has 2 rings (SSSR count). The van der Waals surface area contributed by atoms with Crippen LogP contribution in [0.15, 0.2) is 0 Å². The van der Waals surface area contributed by atoms with Gasteiger partial charge in [0.05, 0.1) is 5.37 Å². The van der Waals surface area contributed by atoms with Gasteiger partial charge < -0.3 is 10.0 Å². The van der Waals surface area contributed by atoms with Gasteiger partial charge in [0, 0.05) is 11.7 Å². The van der Waals surface area contributed by atoms with Gasteiger partial charge in [0.25, 0.3) is 0 Å². The molecule has 2 aliphatic rings. The van der Waals surface area contributed by atoms with Crippen molar-refractivity contribution in [3.63, 3.8) is 0 Å². The molecule has 0 aromatic heterocycles. The summed E-state index contributed by atoms with van der Waals surface area (Å²) >= 11 is 1.58. The van der Waals surface area contributed by atoms with E-state index in [0.717, 1.165) is 19.3 Å². The summed E-state index contributed by atoms with van der Waals surface area (Å²) < 4.78 is 0. The molecule has 2 unspecified atom stereocenters. The highest BCUT2D eigenvalue weighted by Gasteiger charge is 2.45. The molecule has 2 fully saturated rings. The summed E-state index contributed by atoms with van der Waals surface area (Å²) in [6.45, 7) is 2.00. The van der Waals surface area contributed by atoms with E-state index in [1.165, 1.54) is 0 Å². The zero-order valence-corrected chi connectivity index (χ0v) is 9.50. The number of carbonyl (C=O) groups is 2. The van der Waals surface area contributed by atoms with E-state index in [2.05, 4.69) is 0 Å². The van der Waals surface area contributed by atoms with Crippen LogP contribution in [0.25, 0.3) is 0 Å². The van der Waals surface area contributed by atoms with Crippen LogP contribution in [0.3, 0.4) is 0 Å².